The van der Waals surface area contributed by atoms with Crippen molar-refractivity contribution in [3.63, 3.8) is 0 Å². The number of anilines is 1. The SMILES string of the molecule is Cc1cc(/C=C2\C(=O)NC(=O)N(c3ccc4c(c3)OCO4)C2=O)c(C)n1Cc1ccccc1. The van der Waals surface area contributed by atoms with E-state index in [1.807, 2.05) is 50.2 Å². The monoisotopic (exact) mass is 443 g/mol. The van der Waals surface area contributed by atoms with Gasteiger partial charge in [0.2, 0.25) is 6.79 Å². The summed E-state index contributed by atoms with van der Waals surface area (Å²) in [5.74, 6) is -0.466. The average molecular weight is 443 g/mol. The van der Waals surface area contributed by atoms with E-state index in [4.69, 9.17) is 9.47 Å². The second-order valence-corrected chi connectivity index (χ2v) is 7.89. The number of benzene rings is 2. The number of rotatable bonds is 4. The van der Waals surface area contributed by atoms with Crippen LogP contribution in [0.5, 0.6) is 11.5 Å². The molecule has 166 valence electrons. The molecule has 0 bridgehead atoms. The first-order valence-electron chi connectivity index (χ1n) is 10.4. The van der Waals surface area contributed by atoms with Crippen LogP contribution in [-0.4, -0.2) is 29.2 Å². The molecule has 8 nitrogen and oxygen atoms in total. The molecule has 5 rings (SSSR count). The summed E-state index contributed by atoms with van der Waals surface area (Å²) in [7, 11) is 0. The van der Waals surface area contributed by atoms with Crippen molar-refractivity contribution in [3.8, 4) is 11.5 Å². The summed E-state index contributed by atoms with van der Waals surface area (Å²) in [6, 6.07) is 15.9. The lowest BCUT2D eigenvalue weighted by Gasteiger charge is -2.26. The molecule has 1 N–H and O–H groups in total. The van der Waals surface area contributed by atoms with Crippen LogP contribution in [-0.2, 0) is 16.1 Å². The number of barbiturate groups is 1. The number of hydrogen-bond acceptors (Lipinski definition) is 5. The van der Waals surface area contributed by atoms with Crippen LogP contribution in [0.2, 0.25) is 0 Å². The van der Waals surface area contributed by atoms with Crippen LogP contribution in [0.1, 0.15) is 22.5 Å². The number of hydrogen-bond donors (Lipinski definition) is 1. The van der Waals surface area contributed by atoms with Crippen molar-refractivity contribution in [2.45, 2.75) is 20.4 Å². The maximum absolute atomic E-state index is 13.2. The van der Waals surface area contributed by atoms with Gasteiger partial charge in [0, 0.05) is 24.0 Å². The highest BCUT2D eigenvalue weighted by Crippen LogP contribution is 2.36. The topological polar surface area (TPSA) is 89.9 Å². The van der Waals surface area contributed by atoms with E-state index >= 15 is 0 Å². The third-order valence-electron chi connectivity index (χ3n) is 5.81. The lowest BCUT2D eigenvalue weighted by atomic mass is 10.1. The number of nitrogens with zero attached hydrogens (tertiary/aromatic N) is 2. The van der Waals surface area contributed by atoms with E-state index in [1.165, 1.54) is 6.08 Å². The molecule has 0 spiro atoms. The summed E-state index contributed by atoms with van der Waals surface area (Å²) in [5, 5.41) is 2.26. The number of amides is 4. The Morgan fingerprint density at radius 1 is 0.970 bits per heavy atom. The van der Waals surface area contributed by atoms with Gasteiger partial charge < -0.3 is 14.0 Å². The first-order valence-corrected chi connectivity index (χ1v) is 10.4. The fraction of sp³-hybridized carbons (Fsp3) is 0.160. The third-order valence-corrected chi connectivity index (χ3v) is 5.81. The lowest BCUT2D eigenvalue weighted by molar-refractivity contribution is -0.122. The fourth-order valence-corrected chi connectivity index (χ4v) is 4.05. The van der Waals surface area contributed by atoms with E-state index in [2.05, 4.69) is 9.88 Å². The summed E-state index contributed by atoms with van der Waals surface area (Å²) in [4.78, 5) is 39.3. The quantitative estimate of drug-likeness (QED) is 0.492. The molecule has 0 saturated carbocycles. The number of fused-ring (bicyclic) bond motifs is 1. The first-order chi connectivity index (χ1) is 15.9. The van der Waals surface area contributed by atoms with Crippen molar-refractivity contribution in [1.29, 1.82) is 0 Å². The summed E-state index contributed by atoms with van der Waals surface area (Å²) >= 11 is 0. The van der Waals surface area contributed by atoms with Gasteiger partial charge in [-0.25, -0.2) is 9.69 Å². The van der Waals surface area contributed by atoms with Crippen molar-refractivity contribution in [1.82, 2.24) is 9.88 Å². The number of carbonyl (C=O) groups excluding carboxylic acids is 3. The standard InChI is InChI=1S/C25H21N3O5/c1-15-10-18(16(2)27(15)13-17-6-4-3-5-7-17)11-20-23(29)26-25(31)28(24(20)30)19-8-9-21-22(12-19)33-14-32-21/h3-12H,13-14H2,1-2H3,(H,26,29,31)/b20-11+. The molecule has 2 aliphatic rings. The smallest absolute Gasteiger partial charge is 0.335 e. The molecule has 0 atom stereocenters. The first kappa shape index (κ1) is 20.6. The maximum atomic E-state index is 13.2. The Hall–Kier alpha value is -4.33. The molecule has 0 unspecified atom stereocenters. The molecule has 3 aromatic rings. The van der Waals surface area contributed by atoms with Crippen molar-refractivity contribution < 1.29 is 23.9 Å². The second kappa shape index (κ2) is 7.98. The van der Waals surface area contributed by atoms with Gasteiger partial charge >= 0.3 is 6.03 Å². The average Bonchev–Trinajstić information content (AvgIpc) is 3.37. The van der Waals surface area contributed by atoms with E-state index in [-0.39, 0.29) is 18.1 Å². The fourth-order valence-electron chi connectivity index (χ4n) is 4.05. The molecule has 2 aliphatic heterocycles. The minimum Gasteiger partial charge on any atom is -0.454 e. The Morgan fingerprint density at radius 2 is 1.73 bits per heavy atom. The van der Waals surface area contributed by atoms with Crippen LogP contribution in [0.3, 0.4) is 0 Å². The number of nitrogens with one attached hydrogen (secondary N) is 1. The minimum atomic E-state index is -0.810. The Labute approximate surface area is 190 Å². The van der Waals surface area contributed by atoms with E-state index in [9.17, 15) is 14.4 Å². The van der Waals surface area contributed by atoms with Crippen molar-refractivity contribution in [2.24, 2.45) is 0 Å². The Bertz CT molecular complexity index is 1320. The number of aryl methyl sites for hydroxylation is 1. The van der Waals surface area contributed by atoms with Crippen molar-refractivity contribution in [2.75, 3.05) is 11.7 Å². The van der Waals surface area contributed by atoms with Crippen molar-refractivity contribution in [3.05, 3.63) is 82.7 Å². The van der Waals surface area contributed by atoms with E-state index in [1.54, 1.807) is 18.2 Å². The van der Waals surface area contributed by atoms with Gasteiger partial charge in [0.15, 0.2) is 11.5 Å². The molecule has 4 amide bonds. The van der Waals surface area contributed by atoms with Gasteiger partial charge in [-0.1, -0.05) is 30.3 Å². The van der Waals surface area contributed by atoms with Gasteiger partial charge in [0.05, 0.1) is 5.69 Å². The lowest BCUT2D eigenvalue weighted by Crippen LogP contribution is -2.54. The van der Waals surface area contributed by atoms with Crippen LogP contribution in [0.4, 0.5) is 10.5 Å². The van der Waals surface area contributed by atoms with Gasteiger partial charge in [-0.2, -0.15) is 0 Å². The summed E-state index contributed by atoms with van der Waals surface area (Å²) in [5.41, 5.74) is 3.96. The molecule has 1 aromatic heterocycles. The summed E-state index contributed by atoms with van der Waals surface area (Å²) in [6.45, 7) is 4.66. The highest BCUT2D eigenvalue weighted by Gasteiger charge is 2.37. The predicted octanol–water partition coefficient (Wildman–Crippen LogP) is 3.55. The minimum absolute atomic E-state index is 0.0706. The van der Waals surface area contributed by atoms with E-state index in [0.29, 0.717) is 18.0 Å². The zero-order valence-electron chi connectivity index (χ0n) is 18.1. The van der Waals surface area contributed by atoms with Gasteiger partial charge in [-0.3, -0.25) is 14.9 Å². The Balaban J connectivity index is 1.49. The number of urea groups is 1. The molecule has 2 aromatic carbocycles. The normalized spacial score (nSPS) is 16.5. The van der Waals surface area contributed by atoms with Gasteiger partial charge in [0.25, 0.3) is 11.8 Å². The highest BCUT2D eigenvalue weighted by atomic mass is 16.7. The predicted molar refractivity (Wildman–Crippen MR) is 121 cm³/mol. The zero-order valence-corrected chi connectivity index (χ0v) is 18.1. The largest absolute Gasteiger partial charge is 0.454 e. The van der Waals surface area contributed by atoms with Crippen LogP contribution in [0.15, 0.2) is 60.2 Å². The van der Waals surface area contributed by atoms with Crippen molar-refractivity contribution >= 4 is 29.6 Å². The molecule has 1 saturated heterocycles. The molecule has 8 heteroatoms. The van der Waals surface area contributed by atoms with Gasteiger partial charge in [-0.05, 0) is 49.2 Å². The van der Waals surface area contributed by atoms with Crippen LogP contribution in [0.25, 0.3) is 6.08 Å². The summed E-state index contributed by atoms with van der Waals surface area (Å²) in [6.07, 6.45) is 1.54. The molecule has 0 aliphatic carbocycles. The Kier molecular flexibility index (Phi) is 4.97. The third kappa shape index (κ3) is 3.65. The van der Waals surface area contributed by atoms with Crippen LogP contribution < -0.4 is 19.7 Å². The molecular formula is C25H21N3O5. The maximum Gasteiger partial charge on any atom is 0.335 e. The molecule has 0 radical (unpaired) electrons. The molecule has 33 heavy (non-hydrogen) atoms. The number of imide groups is 2. The van der Waals surface area contributed by atoms with Gasteiger partial charge in [0.1, 0.15) is 5.57 Å². The molecule has 1 fully saturated rings. The van der Waals surface area contributed by atoms with Gasteiger partial charge in [-0.15, -0.1) is 0 Å². The number of aromatic nitrogens is 1. The zero-order chi connectivity index (χ0) is 23.1. The van der Waals surface area contributed by atoms with Crippen LogP contribution in [0, 0.1) is 13.8 Å². The molecular weight excluding hydrogens is 422 g/mol. The molecule has 3 heterocycles. The summed E-state index contributed by atoms with van der Waals surface area (Å²) < 4.78 is 12.8. The number of ether oxygens (including phenoxy) is 2. The van der Waals surface area contributed by atoms with Crippen LogP contribution >= 0.6 is 0 Å². The highest BCUT2D eigenvalue weighted by molar-refractivity contribution is 6.39. The van der Waals surface area contributed by atoms with E-state index in [0.717, 1.165) is 27.4 Å². The number of carbonyl (C=O) groups is 3. The van der Waals surface area contributed by atoms with E-state index < -0.39 is 17.8 Å². The second-order valence-electron chi connectivity index (χ2n) is 7.89. The Morgan fingerprint density at radius 3 is 2.52 bits per heavy atom.